The molecular weight excluding hydrogens is 242 g/mol. The number of carbonyl (C=O) groups excluding carboxylic acids is 1. The lowest BCUT2D eigenvalue weighted by atomic mass is 9.95. The smallest absolute Gasteiger partial charge is 0.223 e. The normalized spacial score (nSPS) is 17.9. The number of amides is 1. The fourth-order valence-corrected chi connectivity index (χ4v) is 2.63. The first-order valence-electron chi connectivity index (χ1n) is 7.14. The lowest BCUT2D eigenvalue weighted by molar-refractivity contribution is -0.123. The standard InChI is InChI=1S/C14H23N3O2/c1-10(2)6-7-12(18)16-14(8-4-5-9-14)13-15-11(3)19-17-13/h10H,4-9H2,1-3H3,(H,16,18). The Bertz CT molecular complexity index is 434. The molecule has 1 amide bonds. The molecular formula is C14H23N3O2. The lowest BCUT2D eigenvalue weighted by Crippen LogP contribution is -2.44. The molecule has 19 heavy (non-hydrogen) atoms. The molecule has 1 fully saturated rings. The zero-order chi connectivity index (χ0) is 13.9. The Morgan fingerprint density at radius 2 is 2.11 bits per heavy atom. The van der Waals surface area contributed by atoms with Gasteiger partial charge in [0.2, 0.25) is 11.8 Å². The zero-order valence-electron chi connectivity index (χ0n) is 12.0. The van der Waals surface area contributed by atoms with E-state index >= 15 is 0 Å². The molecule has 5 nitrogen and oxygen atoms in total. The molecule has 106 valence electrons. The van der Waals surface area contributed by atoms with Gasteiger partial charge in [0.1, 0.15) is 5.54 Å². The van der Waals surface area contributed by atoms with Crippen molar-refractivity contribution < 1.29 is 9.32 Å². The predicted molar refractivity (Wildman–Crippen MR) is 71.4 cm³/mol. The van der Waals surface area contributed by atoms with Gasteiger partial charge >= 0.3 is 0 Å². The van der Waals surface area contributed by atoms with Gasteiger partial charge < -0.3 is 9.84 Å². The first kappa shape index (κ1) is 14.0. The third kappa shape index (κ3) is 3.33. The molecule has 0 radical (unpaired) electrons. The van der Waals surface area contributed by atoms with Crippen molar-refractivity contribution in [2.24, 2.45) is 5.92 Å². The van der Waals surface area contributed by atoms with Crippen LogP contribution in [0.5, 0.6) is 0 Å². The number of aryl methyl sites for hydroxylation is 1. The van der Waals surface area contributed by atoms with Crippen LogP contribution in [0.25, 0.3) is 0 Å². The molecule has 0 atom stereocenters. The van der Waals surface area contributed by atoms with Crippen molar-refractivity contribution in [3.8, 4) is 0 Å². The highest BCUT2D eigenvalue weighted by atomic mass is 16.5. The van der Waals surface area contributed by atoms with E-state index in [4.69, 9.17) is 4.52 Å². The minimum Gasteiger partial charge on any atom is -0.343 e. The maximum absolute atomic E-state index is 12.1. The average molecular weight is 265 g/mol. The first-order chi connectivity index (χ1) is 9.02. The van der Waals surface area contributed by atoms with Crippen molar-refractivity contribution in [3.05, 3.63) is 11.7 Å². The highest BCUT2D eigenvalue weighted by molar-refractivity contribution is 5.76. The fourth-order valence-electron chi connectivity index (χ4n) is 2.63. The summed E-state index contributed by atoms with van der Waals surface area (Å²) in [6.45, 7) is 6.03. The zero-order valence-corrected chi connectivity index (χ0v) is 12.0. The van der Waals surface area contributed by atoms with Gasteiger partial charge in [-0.2, -0.15) is 4.98 Å². The maximum atomic E-state index is 12.1. The molecule has 2 rings (SSSR count). The van der Waals surface area contributed by atoms with Crippen LogP contribution in [0.15, 0.2) is 4.52 Å². The third-order valence-corrected chi connectivity index (χ3v) is 3.74. The SMILES string of the molecule is Cc1nc(C2(NC(=O)CCC(C)C)CCCC2)no1. The van der Waals surface area contributed by atoms with Crippen LogP contribution in [0.1, 0.15) is 64.1 Å². The number of hydrogen-bond acceptors (Lipinski definition) is 4. The Balaban J connectivity index is 2.06. The Hall–Kier alpha value is -1.39. The molecule has 0 aliphatic heterocycles. The van der Waals surface area contributed by atoms with Crippen LogP contribution < -0.4 is 5.32 Å². The van der Waals surface area contributed by atoms with Crippen molar-refractivity contribution in [2.75, 3.05) is 0 Å². The van der Waals surface area contributed by atoms with Gasteiger partial charge in [-0.05, 0) is 25.2 Å². The third-order valence-electron chi connectivity index (χ3n) is 3.74. The maximum Gasteiger partial charge on any atom is 0.223 e. The van der Waals surface area contributed by atoms with Gasteiger partial charge in [0.05, 0.1) is 0 Å². The van der Waals surface area contributed by atoms with Crippen LogP contribution in [0, 0.1) is 12.8 Å². The summed E-state index contributed by atoms with van der Waals surface area (Å²) in [5.41, 5.74) is -0.397. The number of nitrogens with zero attached hydrogens (tertiary/aromatic N) is 2. The molecule has 1 aromatic rings. The van der Waals surface area contributed by atoms with E-state index in [-0.39, 0.29) is 5.91 Å². The van der Waals surface area contributed by atoms with Crippen molar-refractivity contribution >= 4 is 5.91 Å². The second-order valence-electron chi connectivity index (χ2n) is 5.91. The summed E-state index contributed by atoms with van der Waals surface area (Å²) in [6.07, 6.45) is 5.47. The summed E-state index contributed by atoms with van der Waals surface area (Å²) in [4.78, 5) is 16.4. The molecule has 0 bridgehead atoms. The van der Waals surface area contributed by atoms with Crippen LogP contribution in [-0.2, 0) is 10.3 Å². The number of rotatable bonds is 5. The molecule has 0 aromatic carbocycles. The topological polar surface area (TPSA) is 68.0 Å². The van der Waals surface area contributed by atoms with Crippen molar-refractivity contribution in [1.29, 1.82) is 0 Å². The van der Waals surface area contributed by atoms with Crippen LogP contribution >= 0.6 is 0 Å². The number of carbonyl (C=O) groups is 1. The van der Waals surface area contributed by atoms with Crippen molar-refractivity contribution in [1.82, 2.24) is 15.5 Å². The van der Waals surface area contributed by atoms with E-state index in [2.05, 4.69) is 29.3 Å². The molecule has 0 spiro atoms. The molecule has 0 unspecified atom stereocenters. The Labute approximate surface area is 114 Å². The van der Waals surface area contributed by atoms with E-state index in [0.29, 0.717) is 24.1 Å². The predicted octanol–water partition coefficient (Wildman–Crippen LogP) is 2.70. The van der Waals surface area contributed by atoms with E-state index < -0.39 is 5.54 Å². The van der Waals surface area contributed by atoms with Gasteiger partial charge in [-0.15, -0.1) is 0 Å². The first-order valence-corrected chi connectivity index (χ1v) is 7.14. The largest absolute Gasteiger partial charge is 0.343 e. The molecule has 0 saturated heterocycles. The van der Waals surface area contributed by atoms with Gasteiger partial charge in [-0.25, -0.2) is 0 Å². The molecule has 1 saturated carbocycles. The van der Waals surface area contributed by atoms with E-state index in [0.717, 1.165) is 32.1 Å². The minimum atomic E-state index is -0.397. The fraction of sp³-hybridized carbons (Fsp3) is 0.786. The summed E-state index contributed by atoms with van der Waals surface area (Å²) in [5, 5.41) is 7.17. The van der Waals surface area contributed by atoms with Gasteiger partial charge in [0.25, 0.3) is 0 Å². The Kier molecular flexibility index (Phi) is 4.22. The summed E-state index contributed by atoms with van der Waals surface area (Å²) < 4.78 is 5.07. The summed E-state index contributed by atoms with van der Waals surface area (Å²) in [7, 11) is 0. The molecule has 1 aliphatic rings. The van der Waals surface area contributed by atoms with Gasteiger partial charge in [-0.3, -0.25) is 4.79 Å². The van der Waals surface area contributed by atoms with Gasteiger partial charge in [0.15, 0.2) is 5.82 Å². The Morgan fingerprint density at radius 3 is 2.63 bits per heavy atom. The molecule has 1 heterocycles. The van der Waals surface area contributed by atoms with Gasteiger partial charge in [-0.1, -0.05) is 31.8 Å². The van der Waals surface area contributed by atoms with Crippen molar-refractivity contribution in [3.63, 3.8) is 0 Å². The quantitative estimate of drug-likeness (QED) is 0.888. The monoisotopic (exact) mass is 265 g/mol. The minimum absolute atomic E-state index is 0.0954. The second-order valence-corrected chi connectivity index (χ2v) is 5.91. The molecule has 1 aliphatic carbocycles. The molecule has 5 heteroatoms. The van der Waals surface area contributed by atoms with Crippen molar-refractivity contribution in [2.45, 2.75) is 64.8 Å². The van der Waals surface area contributed by atoms with E-state index in [1.807, 2.05) is 0 Å². The van der Waals surface area contributed by atoms with Crippen LogP contribution in [0.2, 0.25) is 0 Å². The number of aromatic nitrogens is 2. The summed E-state index contributed by atoms with van der Waals surface area (Å²) in [6, 6.07) is 0. The average Bonchev–Trinajstić information content (AvgIpc) is 2.96. The molecule has 1 aromatic heterocycles. The van der Waals surface area contributed by atoms with Crippen LogP contribution in [0.4, 0.5) is 0 Å². The van der Waals surface area contributed by atoms with Crippen LogP contribution in [-0.4, -0.2) is 16.0 Å². The number of hydrogen-bond donors (Lipinski definition) is 1. The highest BCUT2D eigenvalue weighted by Gasteiger charge is 2.41. The number of nitrogens with one attached hydrogen (secondary N) is 1. The van der Waals surface area contributed by atoms with E-state index in [1.54, 1.807) is 6.92 Å². The summed E-state index contributed by atoms with van der Waals surface area (Å²) >= 11 is 0. The summed E-state index contributed by atoms with van der Waals surface area (Å²) in [5.74, 6) is 1.83. The van der Waals surface area contributed by atoms with Crippen LogP contribution in [0.3, 0.4) is 0 Å². The van der Waals surface area contributed by atoms with E-state index in [9.17, 15) is 4.79 Å². The highest BCUT2D eigenvalue weighted by Crippen LogP contribution is 2.37. The van der Waals surface area contributed by atoms with Gasteiger partial charge in [0, 0.05) is 13.3 Å². The Morgan fingerprint density at radius 1 is 1.42 bits per heavy atom. The second kappa shape index (κ2) is 5.72. The van der Waals surface area contributed by atoms with E-state index in [1.165, 1.54) is 0 Å². The lowest BCUT2D eigenvalue weighted by Gasteiger charge is -2.26. The molecule has 1 N–H and O–H groups in total.